The standard InChI is InChI=1S/C15H19ClFN/c1-3-15(2,10-18-12-7-8-12)9-11-5-4-6-13(17)14(11)16/h3-6,12,18H,1,7-10H2,2H3. The Balaban J connectivity index is 2.07. The quantitative estimate of drug-likeness (QED) is 0.769. The largest absolute Gasteiger partial charge is 0.313 e. The molecule has 1 aliphatic rings. The van der Waals surface area contributed by atoms with Crippen molar-refractivity contribution in [2.75, 3.05) is 6.54 Å². The fraction of sp³-hybridized carbons (Fsp3) is 0.467. The second-order valence-electron chi connectivity index (χ2n) is 5.40. The Kier molecular flexibility index (Phi) is 4.08. The molecular weight excluding hydrogens is 249 g/mol. The van der Waals surface area contributed by atoms with Gasteiger partial charge >= 0.3 is 0 Å². The van der Waals surface area contributed by atoms with Gasteiger partial charge in [0.1, 0.15) is 5.82 Å². The normalized spacial score (nSPS) is 18.4. The highest BCUT2D eigenvalue weighted by Gasteiger charge is 2.27. The summed E-state index contributed by atoms with van der Waals surface area (Å²) in [4.78, 5) is 0. The average molecular weight is 268 g/mol. The smallest absolute Gasteiger partial charge is 0.142 e. The molecule has 1 atom stereocenters. The number of hydrogen-bond acceptors (Lipinski definition) is 1. The van der Waals surface area contributed by atoms with Gasteiger partial charge in [-0.15, -0.1) is 6.58 Å². The second-order valence-corrected chi connectivity index (χ2v) is 5.78. The molecule has 2 rings (SSSR count). The molecule has 1 aromatic carbocycles. The van der Waals surface area contributed by atoms with Gasteiger partial charge < -0.3 is 5.32 Å². The van der Waals surface area contributed by atoms with Crippen LogP contribution in [0.4, 0.5) is 4.39 Å². The summed E-state index contributed by atoms with van der Waals surface area (Å²) in [6.07, 6.45) is 5.15. The first kappa shape index (κ1) is 13.6. The minimum absolute atomic E-state index is 0.0972. The van der Waals surface area contributed by atoms with Crippen molar-refractivity contribution in [3.05, 3.63) is 47.3 Å². The molecule has 0 aliphatic heterocycles. The second kappa shape index (κ2) is 5.41. The third-order valence-corrected chi connectivity index (χ3v) is 3.91. The van der Waals surface area contributed by atoms with Crippen LogP contribution in [0.15, 0.2) is 30.9 Å². The van der Waals surface area contributed by atoms with Crippen LogP contribution in [0.3, 0.4) is 0 Å². The summed E-state index contributed by atoms with van der Waals surface area (Å²) >= 11 is 6.00. The molecule has 18 heavy (non-hydrogen) atoms. The summed E-state index contributed by atoms with van der Waals surface area (Å²) in [5, 5.41) is 3.73. The van der Waals surface area contributed by atoms with Gasteiger partial charge in [-0.25, -0.2) is 4.39 Å². The summed E-state index contributed by atoms with van der Waals surface area (Å²) in [6.45, 7) is 6.88. The molecule has 0 heterocycles. The Morgan fingerprint density at radius 3 is 2.89 bits per heavy atom. The monoisotopic (exact) mass is 267 g/mol. The maximum Gasteiger partial charge on any atom is 0.142 e. The first-order valence-corrected chi connectivity index (χ1v) is 6.72. The van der Waals surface area contributed by atoms with Crippen LogP contribution >= 0.6 is 11.6 Å². The van der Waals surface area contributed by atoms with Crippen molar-refractivity contribution in [1.29, 1.82) is 0 Å². The highest BCUT2D eigenvalue weighted by molar-refractivity contribution is 6.31. The molecule has 0 aromatic heterocycles. The van der Waals surface area contributed by atoms with E-state index in [0.29, 0.717) is 12.5 Å². The van der Waals surface area contributed by atoms with E-state index >= 15 is 0 Å². The molecular formula is C15H19ClFN. The Bertz CT molecular complexity index is 442. The maximum atomic E-state index is 13.4. The van der Waals surface area contributed by atoms with Crippen molar-refractivity contribution in [3.8, 4) is 0 Å². The van der Waals surface area contributed by atoms with Gasteiger partial charge in [-0.1, -0.05) is 36.7 Å². The third-order valence-electron chi connectivity index (χ3n) is 3.49. The zero-order valence-corrected chi connectivity index (χ0v) is 11.4. The van der Waals surface area contributed by atoms with E-state index in [4.69, 9.17) is 11.6 Å². The summed E-state index contributed by atoms with van der Waals surface area (Å²) in [6, 6.07) is 5.63. The van der Waals surface area contributed by atoms with E-state index in [-0.39, 0.29) is 16.3 Å². The van der Waals surface area contributed by atoms with Crippen LogP contribution < -0.4 is 5.32 Å². The summed E-state index contributed by atoms with van der Waals surface area (Å²) < 4.78 is 13.4. The Hall–Kier alpha value is -0.860. The first-order chi connectivity index (χ1) is 8.54. The van der Waals surface area contributed by atoms with Crippen LogP contribution in [-0.2, 0) is 6.42 Å². The average Bonchev–Trinajstić information content (AvgIpc) is 3.17. The minimum atomic E-state index is -0.351. The number of benzene rings is 1. The molecule has 0 radical (unpaired) electrons. The molecule has 1 fully saturated rings. The van der Waals surface area contributed by atoms with Crippen molar-refractivity contribution in [1.82, 2.24) is 5.32 Å². The van der Waals surface area contributed by atoms with Gasteiger partial charge in [0.2, 0.25) is 0 Å². The first-order valence-electron chi connectivity index (χ1n) is 6.34. The zero-order chi connectivity index (χ0) is 13.2. The van der Waals surface area contributed by atoms with Crippen LogP contribution in [-0.4, -0.2) is 12.6 Å². The molecule has 98 valence electrons. The van der Waals surface area contributed by atoms with Gasteiger partial charge in [-0.05, 0) is 30.9 Å². The molecule has 0 amide bonds. The van der Waals surface area contributed by atoms with Crippen LogP contribution in [0.1, 0.15) is 25.3 Å². The number of hydrogen-bond donors (Lipinski definition) is 1. The number of halogens is 2. The fourth-order valence-electron chi connectivity index (χ4n) is 1.99. The van der Waals surface area contributed by atoms with Crippen molar-refractivity contribution in [2.45, 2.75) is 32.2 Å². The van der Waals surface area contributed by atoms with E-state index < -0.39 is 0 Å². The van der Waals surface area contributed by atoms with Crippen LogP contribution in [0, 0.1) is 11.2 Å². The van der Waals surface area contributed by atoms with Crippen LogP contribution in [0.2, 0.25) is 5.02 Å². The molecule has 1 unspecified atom stereocenters. The lowest BCUT2D eigenvalue weighted by molar-refractivity contribution is 0.388. The van der Waals surface area contributed by atoms with Crippen LogP contribution in [0.25, 0.3) is 0 Å². The molecule has 3 heteroatoms. The molecule has 0 saturated heterocycles. The van der Waals surface area contributed by atoms with Gasteiger partial charge in [-0.3, -0.25) is 0 Å². The van der Waals surface area contributed by atoms with E-state index in [0.717, 1.165) is 12.1 Å². The van der Waals surface area contributed by atoms with Gasteiger partial charge in [0.05, 0.1) is 5.02 Å². The molecule has 1 nitrogen and oxygen atoms in total. The SMILES string of the molecule is C=CC(C)(CNC1CC1)Cc1cccc(F)c1Cl. The topological polar surface area (TPSA) is 12.0 Å². The summed E-state index contributed by atoms with van der Waals surface area (Å²) in [5.41, 5.74) is 0.747. The van der Waals surface area contributed by atoms with Crippen molar-refractivity contribution < 1.29 is 4.39 Å². The summed E-state index contributed by atoms with van der Waals surface area (Å²) in [5.74, 6) is -0.351. The van der Waals surface area contributed by atoms with E-state index in [1.54, 1.807) is 6.07 Å². The predicted molar refractivity (Wildman–Crippen MR) is 74.4 cm³/mol. The molecule has 0 spiro atoms. The fourth-order valence-corrected chi connectivity index (χ4v) is 2.18. The molecule has 0 bridgehead atoms. The van der Waals surface area contributed by atoms with Crippen molar-refractivity contribution in [2.24, 2.45) is 5.41 Å². The highest BCUT2D eigenvalue weighted by Crippen LogP contribution is 2.30. The third kappa shape index (κ3) is 3.33. The molecule has 1 aromatic rings. The van der Waals surface area contributed by atoms with E-state index in [2.05, 4.69) is 18.8 Å². The van der Waals surface area contributed by atoms with Gasteiger partial charge in [0.15, 0.2) is 0 Å². The maximum absolute atomic E-state index is 13.4. The van der Waals surface area contributed by atoms with E-state index in [1.165, 1.54) is 18.9 Å². The lowest BCUT2D eigenvalue weighted by Gasteiger charge is -2.27. The van der Waals surface area contributed by atoms with Gasteiger partial charge in [0, 0.05) is 18.0 Å². The van der Waals surface area contributed by atoms with E-state index in [1.807, 2.05) is 12.1 Å². The zero-order valence-electron chi connectivity index (χ0n) is 10.7. The minimum Gasteiger partial charge on any atom is -0.313 e. The Morgan fingerprint density at radius 2 is 2.28 bits per heavy atom. The van der Waals surface area contributed by atoms with Crippen LogP contribution in [0.5, 0.6) is 0 Å². The lowest BCUT2D eigenvalue weighted by Crippen LogP contribution is -2.33. The Labute approximate surface area is 113 Å². The number of nitrogens with one attached hydrogen (secondary N) is 1. The van der Waals surface area contributed by atoms with Gasteiger partial charge in [-0.2, -0.15) is 0 Å². The van der Waals surface area contributed by atoms with Gasteiger partial charge in [0.25, 0.3) is 0 Å². The lowest BCUT2D eigenvalue weighted by atomic mass is 9.83. The van der Waals surface area contributed by atoms with Crippen molar-refractivity contribution in [3.63, 3.8) is 0 Å². The predicted octanol–water partition coefficient (Wildman–Crippen LogP) is 3.97. The van der Waals surface area contributed by atoms with E-state index in [9.17, 15) is 4.39 Å². The summed E-state index contributed by atoms with van der Waals surface area (Å²) in [7, 11) is 0. The molecule has 1 saturated carbocycles. The van der Waals surface area contributed by atoms with Crippen molar-refractivity contribution >= 4 is 11.6 Å². The highest BCUT2D eigenvalue weighted by atomic mass is 35.5. The molecule has 1 aliphatic carbocycles. The Morgan fingerprint density at radius 1 is 1.56 bits per heavy atom. The number of rotatable bonds is 6. The molecule has 1 N–H and O–H groups in total.